The maximum absolute atomic E-state index is 14.4. The van der Waals surface area contributed by atoms with Gasteiger partial charge in [0, 0.05) is 51.7 Å². The smallest absolute Gasteiger partial charge is 0.316 e. The SMILES string of the molecule is CCC(C)[C@H]1O[C@]2(C=C[C@@H]1C)C[C@@H]1C[C@@H](C/C=C(\C)C(O[C@H]3C[C@H](OC)C(O[C@H]4C[C@H](OC)[C@@H](OCCO)[C@H](C)O4)[C@H](C)O3)[C@@H](C)/C=C/C=C3\CO[C@@H]4[C@H](O)C(C)=CC(C(=O)O1)C34O)O2. The lowest BCUT2D eigenvalue weighted by Crippen LogP contribution is -2.58. The van der Waals surface area contributed by atoms with Crippen LogP contribution >= 0.6 is 0 Å². The molecule has 4 fully saturated rings. The van der Waals surface area contributed by atoms with Gasteiger partial charge in [0.15, 0.2) is 18.4 Å². The van der Waals surface area contributed by atoms with Crippen molar-refractivity contribution >= 4 is 5.97 Å². The molecule has 65 heavy (non-hydrogen) atoms. The Balaban J connectivity index is 1.16. The van der Waals surface area contributed by atoms with Crippen molar-refractivity contribution in [2.75, 3.05) is 34.0 Å². The monoisotopic (exact) mass is 917 g/mol. The first-order valence-electron chi connectivity index (χ1n) is 23.9. The molecule has 2 bridgehead atoms. The van der Waals surface area contributed by atoms with Gasteiger partial charge in [0.05, 0.1) is 62.5 Å². The number of carbonyl (C=O) groups is 1. The molecule has 7 aliphatic rings. The highest BCUT2D eigenvalue weighted by Crippen LogP contribution is 2.47. The Labute approximate surface area is 385 Å². The Morgan fingerprint density at radius 2 is 1.58 bits per heavy atom. The van der Waals surface area contributed by atoms with Gasteiger partial charge in [0.25, 0.3) is 0 Å². The lowest BCUT2D eigenvalue weighted by Gasteiger charge is -2.48. The van der Waals surface area contributed by atoms with Gasteiger partial charge in [-0.1, -0.05) is 70.6 Å². The predicted octanol–water partition coefficient (Wildman–Crippen LogP) is 5.39. The largest absolute Gasteiger partial charge is 0.462 e. The van der Waals surface area contributed by atoms with Crippen LogP contribution in [0.15, 0.2) is 59.3 Å². The van der Waals surface area contributed by atoms with Crippen molar-refractivity contribution in [2.45, 2.75) is 191 Å². The maximum Gasteiger partial charge on any atom is 0.316 e. The molecule has 0 aromatic heterocycles. The van der Waals surface area contributed by atoms with E-state index >= 15 is 0 Å². The van der Waals surface area contributed by atoms with Crippen molar-refractivity contribution in [2.24, 2.45) is 23.7 Å². The molecule has 15 nitrogen and oxygen atoms in total. The summed E-state index contributed by atoms with van der Waals surface area (Å²) < 4.78 is 70.3. The fourth-order valence-corrected chi connectivity index (χ4v) is 11.0. The lowest BCUT2D eigenvalue weighted by atomic mass is 9.71. The van der Waals surface area contributed by atoms with E-state index in [4.69, 9.17) is 52.1 Å². The van der Waals surface area contributed by atoms with Crippen LogP contribution < -0.4 is 0 Å². The molecule has 0 amide bonds. The zero-order valence-electron chi connectivity index (χ0n) is 40.0. The summed E-state index contributed by atoms with van der Waals surface area (Å²) in [6, 6.07) is 0. The fraction of sp³-hybridized carbons (Fsp3) is 0.780. The number of aliphatic hydroxyl groups excluding tert-OH is 2. The molecule has 366 valence electrons. The van der Waals surface area contributed by atoms with Crippen molar-refractivity contribution in [3.05, 3.63) is 59.3 Å². The first-order valence-corrected chi connectivity index (χ1v) is 23.9. The van der Waals surface area contributed by atoms with Crippen molar-refractivity contribution in [1.82, 2.24) is 0 Å². The number of esters is 1. The van der Waals surface area contributed by atoms with E-state index in [1.807, 2.05) is 39.0 Å². The number of rotatable bonds is 11. The van der Waals surface area contributed by atoms with Gasteiger partial charge in [0.1, 0.15) is 42.0 Å². The number of fused-ring (bicyclic) bond motifs is 2. The summed E-state index contributed by atoms with van der Waals surface area (Å²) in [7, 11) is 3.29. The Kier molecular flexibility index (Phi) is 16.7. The molecular weight excluding hydrogens is 841 g/mol. The van der Waals surface area contributed by atoms with E-state index in [0.29, 0.717) is 43.3 Å². The first-order chi connectivity index (χ1) is 31.0. The van der Waals surface area contributed by atoms with Crippen molar-refractivity contribution in [3.8, 4) is 0 Å². The zero-order valence-corrected chi connectivity index (χ0v) is 40.0. The summed E-state index contributed by atoms with van der Waals surface area (Å²) in [5.41, 5.74) is 0.126. The molecule has 15 heteroatoms. The van der Waals surface area contributed by atoms with Crippen LogP contribution in [0.3, 0.4) is 0 Å². The van der Waals surface area contributed by atoms with Gasteiger partial charge in [0.2, 0.25) is 0 Å². The third-order valence-corrected chi connectivity index (χ3v) is 14.9. The van der Waals surface area contributed by atoms with Gasteiger partial charge in [-0.05, 0) is 62.8 Å². The molecule has 0 aromatic rings. The van der Waals surface area contributed by atoms with E-state index in [9.17, 15) is 20.1 Å². The molecule has 6 heterocycles. The summed E-state index contributed by atoms with van der Waals surface area (Å²) in [5, 5.41) is 33.1. The Morgan fingerprint density at radius 3 is 2.28 bits per heavy atom. The van der Waals surface area contributed by atoms with Crippen LogP contribution in [0.1, 0.15) is 93.9 Å². The maximum atomic E-state index is 14.4. The molecule has 6 aliphatic heterocycles. The molecule has 1 spiro atoms. The lowest BCUT2D eigenvalue weighted by molar-refractivity contribution is -0.321. The Morgan fingerprint density at radius 1 is 0.892 bits per heavy atom. The molecule has 20 atom stereocenters. The van der Waals surface area contributed by atoms with Gasteiger partial charge in [-0.15, -0.1) is 0 Å². The highest BCUT2D eigenvalue weighted by molar-refractivity contribution is 5.78. The molecule has 0 aromatic carbocycles. The normalized spacial score (nSPS) is 47.4. The molecule has 5 unspecified atom stereocenters. The van der Waals surface area contributed by atoms with Gasteiger partial charge in [-0.2, -0.15) is 0 Å². The van der Waals surface area contributed by atoms with Gasteiger partial charge >= 0.3 is 5.97 Å². The van der Waals surface area contributed by atoms with E-state index < -0.39 is 78.6 Å². The van der Waals surface area contributed by atoms with Crippen LogP contribution in [0.4, 0.5) is 0 Å². The summed E-state index contributed by atoms with van der Waals surface area (Å²) in [6.45, 7) is 16.3. The van der Waals surface area contributed by atoms with Crippen LogP contribution in [0.5, 0.6) is 0 Å². The second-order valence-corrected chi connectivity index (χ2v) is 19.5. The number of allylic oxidation sites excluding steroid dienone is 2. The summed E-state index contributed by atoms with van der Waals surface area (Å²) in [5.74, 6) is -2.58. The molecule has 0 radical (unpaired) electrons. The average molecular weight is 917 g/mol. The van der Waals surface area contributed by atoms with Crippen LogP contribution in [0, 0.1) is 23.7 Å². The van der Waals surface area contributed by atoms with E-state index in [2.05, 4.69) is 39.8 Å². The number of carbonyl (C=O) groups excluding carboxylic acids is 1. The minimum atomic E-state index is -1.84. The van der Waals surface area contributed by atoms with E-state index in [1.54, 1.807) is 33.3 Å². The number of aliphatic hydroxyl groups is 3. The third-order valence-electron chi connectivity index (χ3n) is 14.9. The molecule has 0 saturated carbocycles. The Bertz CT molecular complexity index is 1780. The number of hydrogen-bond acceptors (Lipinski definition) is 15. The van der Waals surface area contributed by atoms with Crippen molar-refractivity contribution < 1.29 is 72.2 Å². The molecule has 1 aliphatic carbocycles. The van der Waals surface area contributed by atoms with Gasteiger partial charge < -0.3 is 67.4 Å². The van der Waals surface area contributed by atoms with Crippen LogP contribution in [-0.2, 0) is 56.9 Å². The molecule has 4 saturated heterocycles. The van der Waals surface area contributed by atoms with Crippen LogP contribution in [0.2, 0.25) is 0 Å². The van der Waals surface area contributed by atoms with Gasteiger partial charge in [-0.3, -0.25) is 4.79 Å². The highest BCUT2D eigenvalue weighted by atomic mass is 16.7. The van der Waals surface area contributed by atoms with Crippen molar-refractivity contribution in [1.29, 1.82) is 0 Å². The quantitative estimate of drug-likeness (QED) is 0.177. The Hall–Kier alpha value is -2.35. The highest BCUT2D eigenvalue weighted by Gasteiger charge is 2.60. The average Bonchev–Trinajstić information content (AvgIpc) is 3.62. The minimum Gasteiger partial charge on any atom is -0.462 e. The topological polar surface area (TPSA) is 179 Å². The van der Waals surface area contributed by atoms with E-state index in [1.165, 1.54) is 0 Å². The number of hydrogen-bond donors (Lipinski definition) is 3. The zero-order chi connectivity index (χ0) is 46.8. The summed E-state index contributed by atoms with van der Waals surface area (Å²) in [4.78, 5) is 14.4. The number of methoxy groups -OCH3 is 2. The van der Waals surface area contributed by atoms with Crippen LogP contribution in [-0.4, -0.2) is 153 Å². The fourth-order valence-electron chi connectivity index (χ4n) is 11.0. The van der Waals surface area contributed by atoms with Gasteiger partial charge in [-0.25, -0.2) is 0 Å². The minimum absolute atomic E-state index is 0.0292. The standard InChI is InChI=1S/C50H76O15/c1-11-27(2)44-30(5)17-18-49(65-44)25-36-22-35(64-49)16-15-29(4)43(28(3)13-12-14-34-26-58-47-42(52)31(6)21-37(48(53)61-36)50(34,47)54)62-40-24-39(56-10)46(33(8)60-40)63-41-23-38(55-9)45(32(7)59-41)57-20-19-51/h12-15,17-18,21,27-28,30,32-33,35-47,51-52,54H,11,16,19-20,22-26H2,1-10H3/b13-12+,29-15+,34-14+/t27?,28-,30-,32-,33-,35+,36-,37?,38-,39-,40-,41-,42+,43?,44+,45-,46?,47+,49+,50?/m0/s1. The predicted molar refractivity (Wildman–Crippen MR) is 238 cm³/mol. The summed E-state index contributed by atoms with van der Waals surface area (Å²) in [6.07, 6.45) is 9.27. The van der Waals surface area contributed by atoms with Crippen LogP contribution in [0.25, 0.3) is 0 Å². The first kappa shape index (κ1) is 50.5. The summed E-state index contributed by atoms with van der Waals surface area (Å²) >= 11 is 0. The number of ether oxygens (including phenoxy) is 11. The molecule has 7 rings (SSSR count). The second-order valence-electron chi connectivity index (χ2n) is 19.5. The van der Waals surface area contributed by atoms with Crippen molar-refractivity contribution in [3.63, 3.8) is 0 Å². The van der Waals surface area contributed by atoms with E-state index in [-0.39, 0.29) is 68.1 Å². The third kappa shape index (κ3) is 10.8. The molecule has 3 N–H and O–H groups in total. The molecular formula is C50H76O15. The second kappa shape index (κ2) is 21.5. The van der Waals surface area contributed by atoms with E-state index in [0.717, 1.165) is 12.0 Å².